The largest absolute Gasteiger partial charge is 0.420 e. The van der Waals surface area contributed by atoms with Crippen molar-refractivity contribution in [2.75, 3.05) is 0 Å². The number of hydrogen-bond donors (Lipinski definition) is 0. The van der Waals surface area contributed by atoms with Gasteiger partial charge in [-0.2, -0.15) is 36.5 Å². The summed E-state index contributed by atoms with van der Waals surface area (Å²) in [5.74, 6) is 15.6. The number of benzene rings is 10. The molecule has 0 saturated carbocycles. The van der Waals surface area contributed by atoms with E-state index >= 15 is 0 Å². The molecule has 0 amide bonds. The minimum Gasteiger partial charge on any atom is -0.420 e. The highest BCUT2D eigenvalue weighted by atomic mass is 16.5. The molecule has 0 bridgehead atoms. The minimum absolute atomic E-state index is 0.362. The maximum atomic E-state index is 6.55. The molecule has 8 aromatic heterocycles. The average molecular weight is 1820 g/mol. The van der Waals surface area contributed by atoms with E-state index in [1.165, 1.54) is 78.2 Å². The summed E-state index contributed by atoms with van der Waals surface area (Å²) in [6.07, 6.45) is 14.4. The Morgan fingerprint density at radius 3 is 0.868 bits per heavy atom. The molecule has 0 spiro atoms. The van der Waals surface area contributed by atoms with Gasteiger partial charge < -0.3 is 37.2 Å². The van der Waals surface area contributed by atoms with Crippen LogP contribution in [0.15, 0.2) is 280 Å². The van der Waals surface area contributed by atoms with E-state index in [0.717, 1.165) is 126 Å². The number of imidazole rings is 6. The van der Waals surface area contributed by atoms with Gasteiger partial charge in [-0.3, -0.25) is 0 Å². The van der Waals surface area contributed by atoms with Gasteiger partial charge in [0.1, 0.15) is 57.1 Å². The van der Waals surface area contributed by atoms with Gasteiger partial charge in [0.2, 0.25) is 11.6 Å². The van der Waals surface area contributed by atoms with E-state index in [1.54, 1.807) is 0 Å². The predicted octanol–water partition coefficient (Wildman–Crippen LogP) is 27.7. The van der Waals surface area contributed by atoms with Crippen LogP contribution in [0.25, 0.3) is 91.0 Å². The molecule has 0 N–H and O–H groups in total. The second-order valence-electron chi connectivity index (χ2n) is 38.7. The van der Waals surface area contributed by atoms with Gasteiger partial charge in [-0.05, 0) is 158 Å². The highest BCUT2D eigenvalue weighted by Gasteiger charge is 2.39. The first kappa shape index (κ1) is 96.3. The van der Waals surface area contributed by atoms with Crippen LogP contribution in [0.2, 0.25) is 0 Å². The molecule has 10 aromatic carbocycles. The Bertz CT molecular complexity index is 6780. The summed E-state index contributed by atoms with van der Waals surface area (Å²) in [6, 6.07) is 82.7. The molecule has 8 heterocycles. The zero-order chi connectivity index (χ0) is 97.1. The molecule has 0 aliphatic heterocycles. The molecule has 18 nitrogen and oxygen atoms in total. The van der Waals surface area contributed by atoms with Gasteiger partial charge in [0.05, 0.1) is 39.2 Å². The molecule has 18 rings (SSSR count). The number of rotatable bonds is 24. The van der Waals surface area contributed by atoms with Gasteiger partial charge in [-0.25, -0.2) is 9.97 Å². The van der Waals surface area contributed by atoms with E-state index < -0.39 is 0 Å². The number of fused-ring (bicyclic) bond motifs is 2. The summed E-state index contributed by atoms with van der Waals surface area (Å²) >= 11 is 0. The molecule has 0 atom stereocenters. The van der Waals surface area contributed by atoms with Crippen molar-refractivity contribution in [2.45, 2.75) is 186 Å². The van der Waals surface area contributed by atoms with E-state index in [-0.39, 0.29) is 0 Å². The third-order valence-electron chi connectivity index (χ3n) is 26.4. The van der Waals surface area contributed by atoms with Crippen molar-refractivity contribution in [3.8, 4) is 116 Å². The number of ether oxygens (including phenoxy) is 4. The molecule has 136 heavy (non-hydrogen) atoms. The third kappa shape index (κ3) is 19.3. The maximum Gasteiger partial charge on any atom is 0.333 e. The van der Waals surface area contributed by atoms with Crippen molar-refractivity contribution in [3.05, 3.63) is 347 Å². The Kier molecular flexibility index (Phi) is 29.0. The standard InChI is InChI=1S/C32H36N3O.C31H35N4O.C28H34N3O.C27H33N4O/c1-21(2)25-15-12-16-26(22(3)4)31(25)35-20-30(36-29-18-11-8-13-23(29)5)34(7)32(35)28-19-24-14-9-10-17-27(24)33(28)6;1-20(2)23-14-12-15-24(21(3)4)29(23)35-19-28(36-27-18-11-8-13-22(27)5)34(7)31(35)30-32-25-16-9-10-17-26(25)33(30)6;1-19(2)22-13-10-14-23(20(3)4)27(22)31-18-26(32-25-16-9-8-12-21(25)5)30(7)28(31)24-15-11-17-29(24)6;1-18(2)21-12-10-13-22(19(3)4)25(21)31-17-24(32-23-14-9-8-11-20(23)5)30(7)27(31)26-28-15-16-29(26)6/h8-22H,1-7H3;8-21H,1-7H3;8-20H,1-7H3;8-19H,1-7H3/q4*+1. The maximum absolute atomic E-state index is 6.55. The quantitative estimate of drug-likeness (QED) is 0.0556. The SMILES string of the molecule is Cc1ccccc1Oc1cn(-c2c(C(C)C)cccc2C(C)C)c(-c2cc3ccccc3n2C)[n+]1C.Cc1ccccc1Oc1cn(-c2c(C(C)C)cccc2C(C)C)c(-c2cccn2C)[n+]1C.Cc1ccccc1Oc1cn(-c2c(C(C)C)cccc2C(C)C)c(-c2nc3ccccc3n2C)[n+]1C.Cc1ccccc1Oc1cn(-c2c(C(C)C)cccc2C(C)C)c(-c2nccn2C)[n+]1C. The second kappa shape index (κ2) is 40.9. The fourth-order valence-corrected chi connectivity index (χ4v) is 18.7. The first-order valence-electron chi connectivity index (χ1n) is 48.1. The number of aromatic nitrogens is 14. The molecule has 0 saturated heterocycles. The van der Waals surface area contributed by atoms with Gasteiger partial charge >= 0.3 is 46.8 Å². The third-order valence-corrected chi connectivity index (χ3v) is 26.4. The first-order chi connectivity index (χ1) is 65.1. The topological polar surface area (TPSA) is 118 Å². The van der Waals surface area contributed by atoms with Crippen molar-refractivity contribution in [1.29, 1.82) is 0 Å². The molecule has 700 valence electrons. The average Bonchev–Trinajstić information content (AvgIpc) is 1.76. The van der Waals surface area contributed by atoms with Gasteiger partial charge in [0.25, 0.3) is 0 Å². The van der Waals surface area contributed by atoms with E-state index in [1.807, 2.05) is 105 Å². The summed E-state index contributed by atoms with van der Waals surface area (Å²) in [4.78, 5) is 9.77. The smallest absolute Gasteiger partial charge is 0.333 e. The van der Waals surface area contributed by atoms with Gasteiger partial charge in [0, 0.05) is 102 Å². The van der Waals surface area contributed by atoms with E-state index in [0.29, 0.717) is 47.3 Å². The normalized spacial score (nSPS) is 11.6. The second-order valence-corrected chi connectivity index (χ2v) is 38.7. The lowest BCUT2D eigenvalue weighted by Gasteiger charge is -2.17. The van der Waals surface area contributed by atoms with Gasteiger partial charge in [0.15, 0.2) is 24.8 Å². The van der Waals surface area contributed by atoms with Gasteiger partial charge in [-0.15, -0.1) is 0 Å². The van der Waals surface area contributed by atoms with Crippen LogP contribution in [-0.2, 0) is 56.4 Å². The molecule has 0 fully saturated rings. The molecule has 18 heteroatoms. The lowest BCUT2D eigenvalue weighted by Crippen LogP contribution is -2.32. The van der Waals surface area contributed by atoms with Gasteiger partial charge in [-0.1, -0.05) is 287 Å². The summed E-state index contributed by atoms with van der Waals surface area (Å²) in [5, 5.41) is 1.23. The lowest BCUT2D eigenvalue weighted by molar-refractivity contribution is -0.664. The number of aryl methyl sites for hydroxylation is 8. The van der Waals surface area contributed by atoms with Crippen molar-refractivity contribution >= 4 is 21.9 Å². The fraction of sp³-hybridized carbons (Fsp3) is 0.305. The Morgan fingerprint density at radius 2 is 0.566 bits per heavy atom. The van der Waals surface area contributed by atoms with Crippen LogP contribution in [0.3, 0.4) is 0 Å². The predicted molar refractivity (Wildman–Crippen MR) is 554 cm³/mol. The highest BCUT2D eigenvalue weighted by molar-refractivity contribution is 5.86. The molecular formula is C118H138N14O4+4. The minimum atomic E-state index is 0.362. The zero-order valence-corrected chi connectivity index (χ0v) is 85.1. The number of nitrogens with zero attached hydrogens (tertiary/aromatic N) is 14. The lowest BCUT2D eigenvalue weighted by atomic mass is 9.92. The number of para-hydroxylation sites is 11. The van der Waals surface area contributed by atoms with Crippen molar-refractivity contribution in [2.24, 2.45) is 56.4 Å². The van der Waals surface area contributed by atoms with E-state index in [9.17, 15) is 0 Å². The molecule has 0 unspecified atom stereocenters. The van der Waals surface area contributed by atoms with Crippen LogP contribution < -0.4 is 37.2 Å². The van der Waals surface area contributed by atoms with Crippen LogP contribution in [0, 0.1) is 27.7 Å². The van der Waals surface area contributed by atoms with Crippen LogP contribution >= 0.6 is 0 Å². The zero-order valence-electron chi connectivity index (χ0n) is 85.1. The van der Waals surface area contributed by atoms with Crippen LogP contribution in [-0.4, -0.2) is 46.5 Å². The molecule has 0 radical (unpaired) electrons. The van der Waals surface area contributed by atoms with Crippen molar-refractivity contribution in [3.63, 3.8) is 0 Å². The molecule has 18 aromatic rings. The Hall–Kier alpha value is -14.3. The summed E-state index contributed by atoms with van der Waals surface area (Å²) in [6.45, 7) is 44.5. The molecule has 0 aliphatic rings. The summed E-state index contributed by atoms with van der Waals surface area (Å²) < 4.78 is 52.4. The summed E-state index contributed by atoms with van der Waals surface area (Å²) in [7, 11) is 16.6. The van der Waals surface area contributed by atoms with Crippen molar-refractivity contribution in [1.82, 2.24) is 46.5 Å². The van der Waals surface area contributed by atoms with E-state index in [4.69, 9.17) is 23.9 Å². The Morgan fingerprint density at radius 1 is 0.272 bits per heavy atom. The van der Waals surface area contributed by atoms with Crippen LogP contribution in [0.1, 0.15) is 225 Å². The van der Waals surface area contributed by atoms with E-state index in [2.05, 4.69) is 429 Å². The fourth-order valence-electron chi connectivity index (χ4n) is 18.7. The Labute approximate surface area is 805 Å². The Balaban J connectivity index is 0.000000138. The first-order valence-corrected chi connectivity index (χ1v) is 48.1. The monoisotopic (exact) mass is 1820 g/mol. The number of hydrogen-bond acceptors (Lipinski definition) is 6. The molecule has 0 aliphatic carbocycles. The van der Waals surface area contributed by atoms with Crippen LogP contribution in [0.5, 0.6) is 46.5 Å². The van der Waals surface area contributed by atoms with Crippen molar-refractivity contribution < 1.29 is 37.2 Å². The highest BCUT2D eigenvalue weighted by Crippen LogP contribution is 2.44. The van der Waals surface area contributed by atoms with Crippen LogP contribution in [0.4, 0.5) is 0 Å². The summed E-state index contributed by atoms with van der Waals surface area (Å²) in [5.41, 5.74) is 25.5. The molecular weight excluding hydrogens is 1680 g/mol.